The summed E-state index contributed by atoms with van der Waals surface area (Å²) in [4.78, 5) is 21.3. The van der Waals surface area contributed by atoms with Crippen LogP contribution in [0.25, 0.3) is 0 Å². The van der Waals surface area contributed by atoms with E-state index in [1.54, 1.807) is 18.2 Å². The Morgan fingerprint density at radius 3 is 2.60 bits per heavy atom. The van der Waals surface area contributed by atoms with Crippen molar-refractivity contribution in [2.75, 3.05) is 0 Å². The quantitative estimate of drug-likeness (QED) is 0.681. The summed E-state index contributed by atoms with van der Waals surface area (Å²) in [5.41, 5.74) is 0.583. The second-order valence-electron chi connectivity index (χ2n) is 4.16. The molecular formula is C14H11NO5. The van der Waals surface area contributed by atoms with E-state index in [1.807, 2.05) is 13.0 Å². The largest absolute Gasteiger partial charge is 0.478 e. The van der Waals surface area contributed by atoms with E-state index >= 15 is 0 Å². The van der Waals surface area contributed by atoms with Crippen molar-refractivity contribution in [3.63, 3.8) is 0 Å². The van der Waals surface area contributed by atoms with Crippen LogP contribution in [0.2, 0.25) is 0 Å². The van der Waals surface area contributed by atoms with Crippen LogP contribution in [0.3, 0.4) is 0 Å². The molecule has 0 fully saturated rings. The van der Waals surface area contributed by atoms with Gasteiger partial charge in [0.25, 0.3) is 5.69 Å². The van der Waals surface area contributed by atoms with Crippen LogP contribution in [0, 0.1) is 17.0 Å². The molecule has 2 aromatic rings. The topological polar surface area (TPSA) is 89.7 Å². The first-order valence-corrected chi connectivity index (χ1v) is 5.73. The fourth-order valence-electron chi connectivity index (χ4n) is 1.69. The first kappa shape index (κ1) is 13.5. The lowest BCUT2D eigenvalue weighted by molar-refractivity contribution is -0.384. The average Bonchev–Trinajstić information content (AvgIpc) is 2.38. The van der Waals surface area contributed by atoms with Gasteiger partial charge in [0.1, 0.15) is 17.1 Å². The number of aromatic carboxylic acids is 1. The van der Waals surface area contributed by atoms with Gasteiger partial charge in [-0.25, -0.2) is 4.79 Å². The number of benzene rings is 2. The molecule has 0 spiro atoms. The number of rotatable bonds is 4. The van der Waals surface area contributed by atoms with Crippen molar-refractivity contribution in [1.82, 2.24) is 0 Å². The van der Waals surface area contributed by atoms with Gasteiger partial charge in [-0.05, 0) is 30.7 Å². The van der Waals surface area contributed by atoms with Gasteiger partial charge in [0.15, 0.2) is 0 Å². The van der Waals surface area contributed by atoms with Crippen LogP contribution in [0.15, 0.2) is 42.5 Å². The van der Waals surface area contributed by atoms with Crippen molar-refractivity contribution < 1.29 is 19.6 Å². The van der Waals surface area contributed by atoms with E-state index in [1.165, 1.54) is 0 Å². The Kier molecular flexibility index (Phi) is 3.65. The highest BCUT2D eigenvalue weighted by molar-refractivity contribution is 5.91. The molecule has 0 saturated heterocycles. The number of aryl methyl sites for hydroxylation is 1. The van der Waals surface area contributed by atoms with Crippen LogP contribution < -0.4 is 4.74 Å². The highest BCUT2D eigenvalue weighted by Gasteiger charge is 2.17. The van der Waals surface area contributed by atoms with Crippen LogP contribution in [-0.2, 0) is 0 Å². The Labute approximate surface area is 114 Å². The summed E-state index contributed by atoms with van der Waals surface area (Å²) in [6, 6.07) is 10.4. The molecule has 6 heteroatoms. The zero-order valence-electron chi connectivity index (χ0n) is 10.6. The van der Waals surface area contributed by atoms with Gasteiger partial charge in [0.05, 0.1) is 11.0 Å². The van der Waals surface area contributed by atoms with Gasteiger partial charge in [-0.3, -0.25) is 10.1 Å². The molecule has 0 unspecified atom stereocenters. The molecule has 0 radical (unpaired) electrons. The third-order valence-electron chi connectivity index (χ3n) is 2.62. The Balaban J connectivity index is 2.44. The zero-order chi connectivity index (χ0) is 14.7. The molecule has 2 rings (SSSR count). The summed E-state index contributed by atoms with van der Waals surface area (Å²) in [5, 5.41) is 19.8. The molecule has 20 heavy (non-hydrogen) atoms. The molecule has 0 saturated carbocycles. The third-order valence-corrected chi connectivity index (χ3v) is 2.62. The first-order chi connectivity index (χ1) is 9.47. The molecule has 0 bridgehead atoms. The van der Waals surface area contributed by atoms with Crippen LogP contribution in [0.1, 0.15) is 15.9 Å². The summed E-state index contributed by atoms with van der Waals surface area (Å²) < 4.78 is 5.46. The number of hydrogen-bond donors (Lipinski definition) is 1. The molecule has 102 valence electrons. The highest BCUT2D eigenvalue weighted by atomic mass is 16.6. The van der Waals surface area contributed by atoms with Gasteiger partial charge >= 0.3 is 5.97 Å². The maximum absolute atomic E-state index is 11.1. The molecule has 0 atom stereocenters. The summed E-state index contributed by atoms with van der Waals surface area (Å²) in [7, 11) is 0. The van der Waals surface area contributed by atoms with E-state index in [-0.39, 0.29) is 17.0 Å². The average molecular weight is 273 g/mol. The van der Waals surface area contributed by atoms with E-state index in [0.29, 0.717) is 5.75 Å². The van der Waals surface area contributed by atoms with Crippen molar-refractivity contribution in [1.29, 1.82) is 0 Å². The minimum Gasteiger partial charge on any atom is -0.478 e. The maximum Gasteiger partial charge on any atom is 0.339 e. The maximum atomic E-state index is 11.1. The number of nitro groups is 1. The van der Waals surface area contributed by atoms with E-state index in [2.05, 4.69) is 0 Å². The molecular weight excluding hydrogens is 262 g/mol. The predicted octanol–water partition coefficient (Wildman–Crippen LogP) is 3.39. The number of carbonyl (C=O) groups is 1. The highest BCUT2D eigenvalue weighted by Crippen LogP contribution is 2.29. The number of ether oxygens (including phenoxy) is 1. The molecule has 0 amide bonds. The number of non-ortho nitro benzene ring substituents is 1. The van der Waals surface area contributed by atoms with Gasteiger partial charge < -0.3 is 9.84 Å². The molecule has 0 aliphatic carbocycles. The Bertz CT molecular complexity index is 681. The standard InChI is InChI=1S/C14H11NO5/c1-9-3-2-4-11(7-9)20-13-8-10(15(18)19)5-6-12(13)14(16)17/h2-8H,1H3,(H,16,17). The van der Waals surface area contributed by atoms with Crippen molar-refractivity contribution in [2.45, 2.75) is 6.92 Å². The van der Waals surface area contributed by atoms with Crippen molar-refractivity contribution >= 4 is 11.7 Å². The number of carboxylic acids is 1. The fourth-order valence-corrected chi connectivity index (χ4v) is 1.69. The number of nitro benzene ring substituents is 1. The lowest BCUT2D eigenvalue weighted by atomic mass is 10.2. The summed E-state index contributed by atoms with van der Waals surface area (Å²) in [5.74, 6) is -0.840. The van der Waals surface area contributed by atoms with Crippen molar-refractivity contribution in [3.05, 3.63) is 63.7 Å². The van der Waals surface area contributed by atoms with Crippen LogP contribution in [0.5, 0.6) is 11.5 Å². The van der Waals surface area contributed by atoms with Gasteiger partial charge in [0.2, 0.25) is 0 Å². The molecule has 1 N–H and O–H groups in total. The van der Waals surface area contributed by atoms with Crippen molar-refractivity contribution in [3.8, 4) is 11.5 Å². The first-order valence-electron chi connectivity index (χ1n) is 5.73. The minimum atomic E-state index is -1.21. The molecule has 0 aromatic heterocycles. The van der Waals surface area contributed by atoms with Gasteiger partial charge in [-0.2, -0.15) is 0 Å². The Hall–Kier alpha value is -2.89. The lowest BCUT2D eigenvalue weighted by Gasteiger charge is -2.09. The smallest absolute Gasteiger partial charge is 0.339 e. The second kappa shape index (κ2) is 5.40. The monoisotopic (exact) mass is 273 g/mol. The Morgan fingerprint density at radius 1 is 1.25 bits per heavy atom. The number of nitrogens with zero attached hydrogens (tertiary/aromatic N) is 1. The van der Waals surface area contributed by atoms with Gasteiger partial charge in [-0.15, -0.1) is 0 Å². The fraction of sp³-hybridized carbons (Fsp3) is 0.0714. The van der Waals surface area contributed by atoms with E-state index in [4.69, 9.17) is 9.84 Å². The predicted molar refractivity (Wildman–Crippen MR) is 71.3 cm³/mol. The van der Waals surface area contributed by atoms with Crippen molar-refractivity contribution in [2.24, 2.45) is 0 Å². The van der Waals surface area contributed by atoms with E-state index in [9.17, 15) is 14.9 Å². The van der Waals surface area contributed by atoms with Crippen LogP contribution in [-0.4, -0.2) is 16.0 Å². The molecule has 6 nitrogen and oxygen atoms in total. The Morgan fingerprint density at radius 2 is 2.00 bits per heavy atom. The molecule has 0 heterocycles. The molecule has 2 aromatic carbocycles. The SMILES string of the molecule is Cc1cccc(Oc2cc([N+](=O)[O-])ccc2C(=O)O)c1. The molecule has 0 aliphatic rings. The second-order valence-corrected chi connectivity index (χ2v) is 4.16. The number of carboxylic acid groups (broad SMARTS) is 1. The third kappa shape index (κ3) is 2.92. The lowest BCUT2D eigenvalue weighted by Crippen LogP contribution is -2.01. The van der Waals surface area contributed by atoms with E-state index < -0.39 is 10.9 Å². The van der Waals surface area contributed by atoms with Gasteiger partial charge in [-0.1, -0.05) is 12.1 Å². The van der Waals surface area contributed by atoms with Crippen LogP contribution in [0.4, 0.5) is 5.69 Å². The molecule has 0 aliphatic heterocycles. The number of hydrogen-bond acceptors (Lipinski definition) is 4. The minimum absolute atomic E-state index is 0.0581. The zero-order valence-corrected chi connectivity index (χ0v) is 10.6. The normalized spacial score (nSPS) is 10.1. The summed E-state index contributed by atoms with van der Waals surface area (Å²) in [6.07, 6.45) is 0. The summed E-state index contributed by atoms with van der Waals surface area (Å²) >= 11 is 0. The van der Waals surface area contributed by atoms with Crippen LogP contribution >= 0.6 is 0 Å². The summed E-state index contributed by atoms with van der Waals surface area (Å²) in [6.45, 7) is 1.86. The van der Waals surface area contributed by atoms with E-state index in [0.717, 1.165) is 23.8 Å². The van der Waals surface area contributed by atoms with Gasteiger partial charge in [0, 0.05) is 6.07 Å².